The molecule has 0 aliphatic carbocycles. The molecule has 1 aliphatic heterocycles. The van der Waals surface area contributed by atoms with Crippen molar-refractivity contribution in [2.75, 3.05) is 0 Å². The van der Waals surface area contributed by atoms with E-state index in [1.807, 2.05) is 4.90 Å². The van der Waals surface area contributed by atoms with Crippen LogP contribution in [0.2, 0.25) is 0 Å². The third-order valence-corrected chi connectivity index (χ3v) is 4.16. The quantitative estimate of drug-likeness (QED) is 0.632. The molecule has 6 nitrogen and oxygen atoms in total. The van der Waals surface area contributed by atoms with Gasteiger partial charge in [0.15, 0.2) is 6.10 Å². The number of non-ortho nitro benzene ring substituents is 1. The fourth-order valence-electron chi connectivity index (χ4n) is 2.97. The van der Waals surface area contributed by atoms with Crippen LogP contribution in [-0.2, 0) is 4.79 Å². The minimum atomic E-state index is -0.607. The molecule has 3 atom stereocenters. The topological polar surface area (TPSA) is 72.7 Å². The van der Waals surface area contributed by atoms with Gasteiger partial charge in [0.05, 0.1) is 4.92 Å². The Labute approximate surface area is 130 Å². The van der Waals surface area contributed by atoms with E-state index in [4.69, 9.17) is 4.74 Å². The summed E-state index contributed by atoms with van der Waals surface area (Å²) in [5.74, 6) is 0.432. The summed E-state index contributed by atoms with van der Waals surface area (Å²) in [5, 5.41) is 10.6. The molecule has 0 spiro atoms. The standard InChI is InChI=1S/C16H22N2O4/c1-11-5-4-6-12(2)17(11)16(19)13(3)22-15-9-7-14(8-10-15)18(20)21/h7-13H,4-6H2,1-3H3/t11-,12+,13-/m1/s1. The second-order valence-corrected chi connectivity index (χ2v) is 5.89. The minimum absolute atomic E-state index is 0.00426. The Morgan fingerprint density at radius 1 is 1.27 bits per heavy atom. The molecule has 0 aromatic heterocycles. The number of rotatable bonds is 4. The maximum absolute atomic E-state index is 12.6. The first-order chi connectivity index (χ1) is 10.4. The largest absolute Gasteiger partial charge is 0.481 e. The van der Waals surface area contributed by atoms with Gasteiger partial charge in [0, 0.05) is 24.2 Å². The number of carbonyl (C=O) groups excluding carboxylic acids is 1. The molecule has 1 aromatic carbocycles. The van der Waals surface area contributed by atoms with Gasteiger partial charge in [0.25, 0.3) is 11.6 Å². The average molecular weight is 306 g/mol. The summed E-state index contributed by atoms with van der Waals surface area (Å²) < 4.78 is 5.65. The summed E-state index contributed by atoms with van der Waals surface area (Å²) >= 11 is 0. The molecule has 0 bridgehead atoms. The normalized spacial score (nSPS) is 23.0. The number of amides is 1. The zero-order chi connectivity index (χ0) is 16.3. The molecular weight excluding hydrogens is 284 g/mol. The van der Waals surface area contributed by atoms with Crippen LogP contribution < -0.4 is 4.74 Å². The molecule has 0 radical (unpaired) electrons. The average Bonchev–Trinajstić information content (AvgIpc) is 2.47. The van der Waals surface area contributed by atoms with E-state index in [1.165, 1.54) is 24.3 Å². The van der Waals surface area contributed by atoms with E-state index in [0.29, 0.717) is 5.75 Å². The zero-order valence-electron chi connectivity index (χ0n) is 13.2. The molecule has 2 rings (SSSR count). The molecule has 22 heavy (non-hydrogen) atoms. The summed E-state index contributed by atoms with van der Waals surface area (Å²) in [5.41, 5.74) is 0.00426. The highest BCUT2D eigenvalue weighted by Gasteiger charge is 2.32. The molecule has 1 aliphatic rings. The van der Waals surface area contributed by atoms with Gasteiger partial charge < -0.3 is 9.64 Å². The van der Waals surface area contributed by atoms with Crippen LogP contribution in [0, 0.1) is 10.1 Å². The highest BCUT2D eigenvalue weighted by atomic mass is 16.6. The molecule has 1 heterocycles. The Balaban J connectivity index is 2.02. The number of ether oxygens (including phenoxy) is 1. The van der Waals surface area contributed by atoms with Crippen molar-refractivity contribution in [2.45, 2.75) is 58.2 Å². The maximum atomic E-state index is 12.6. The molecule has 6 heteroatoms. The smallest absolute Gasteiger partial charge is 0.269 e. The summed E-state index contributed by atoms with van der Waals surface area (Å²) in [6.45, 7) is 5.84. The highest BCUT2D eigenvalue weighted by molar-refractivity contribution is 5.81. The first-order valence-electron chi connectivity index (χ1n) is 7.63. The SMILES string of the molecule is C[C@@H]1CCC[C@H](C)N1C(=O)[C@@H](C)Oc1ccc([N+](=O)[O-])cc1. The van der Waals surface area contributed by atoms with Gasteiger partial charge in [-0.1, -0.05) is 0 Å². The van der Waals surface area contributed by atoms with Crippen LogP contribution in [0.15, 0.2) is 24.3 Å². The van der Waals surface area contributed by atoms with Gasteiger partial charge in [0.1, 0.15) is 5.75 Å². The minimum Gasteiger partial charge on any atom is -0.481 e. The Kier molecular flexibility index (Phi) is 5.00. The van der Waals surface area contributed by atoms with E-state index in [2.05, 4.69) is 13.8 Å². The van der Waals surface area contributed by atoms with E-state index >= 15 is 0 Å². The lowest BCUT2D eigenvalue weighted by Crippen LogP contribution is -2.51. The number of carbonyl (C=O) groups is 1. The van der Waals surface area contributed by atoms with Crippen molar-refractivity contribution < 1.29 is 14.5 Å². The van der Waals surface area contributed by atoms with Crippen molar-refractivity contribution in [3.63, 3.8) is 0 Å². The predicted molar refractivity (Wildman–Crippen MR) is 82.8 cm³/mol. The molecule has 0 N–H and O–H groups in total. The van der Waals surface area contributed by atoms with Crippen molar-refractivity contribution in [1.29, 1.82) is 0 Å². The Morgan fingerprint density at radius 3 is 2.32 bits per heavy atom. The Bertz CT molecular complexity index is 534. The van der Waals surface area contributed by atoms with Crippen molar-refractivity contribution >= 4 is 11.6 Å². The first-order valence-corrected chi connectivity index (χ1v) is 7.63. The van der Waals surface area contributed by atoms with Gasteiger partial charge in [-0.2, -0.15) is 0 Å². The summed E-state index contributed by atoms with van der Waals surface area (Å²) in [4.78, 5) is 24.7. The number of piperidine rings is 1. The van der Waals surface area contributed by atoms with Crippen LogP contribution in [0.25, 0.3) is 0 Å². The van der Waals surface area contributed by atoms with E-state index in [0.717, 1.165) is 19.3 Å². The van der Waals surface area contributed by atoms with Crippen molar-refractivity contribution in [3.8, 4) is 5.75 Å². The lowest BCUT2D eigenvalue weighted by Gasteiger charge is -2.40. The zero-order valence-corrected chi connectivity index (χ0v) is 13.2. The van der Waals surface area contributed by atoms with Crippen LogP contribution in [0.4, 0.5) is 5.69 Å². The molecule has 1 aromatic rings. The van der Waals surface area contributed by atoms with Crippen LogP contribution >= 0.6 is 0 Å². The van der Waals surface area contributed by atoms with Gasteiger partial charge in [-0.3, -0.25) is 14.9 Å². The molecule has 0 unspecified atom stereocenters. The molecule has 1 amide bonds. The van der Waals surface area contributed by atoms with Gasteiger partial charge in [0.2, 0.25) is 0 Å². The molecular formula is C16H22N2O4. The second kappa shape index (κ2) is 6.77. The predicted octanol–water partition coefficient (Wildman–Crippen LogP) is 3.15. The van der Waals surface area contributed by atoms with Crippen LogP contribution in [0.5, 0.6) is 5.75 Å². The number of hydrogen-bond acceptors (Lipinski definition) is 4. The summed E-state index contributed by atoms with van der Waals surface area (Å²) in [6, 6.07) is 6.23. The lowest BCUT2D eigenvalue weighted by molar-refractivity contribution is -0.384. The lowest BCUT2D eigenvalue weighted by atomic mass is 9.97. The second-order valence-electron chi connectivity index (χ2n) is 5.89. The number of hydrogen-bond donors (Lipinski definition) is 0. The van der Waals surface area contributed by atoms with E-state index in [1.54, 1.807) is 6.92 Å². The monoisotopic (exact) mass is 306 g/mol. The first kappa shape index (κ1) is 16.3. The van der Waals surface area contributed by atoms with Crippen molar-refractivity contribution in [2.24, 2.45) is 0 Å². The summed E-state index contributed by atoms with van der Waals surface area (Å²) in [6.07, 6.45) is 2.56. The Hall–Kier alpha value is -2.11. The fraction of sp³-hybridized carbons (Fsp3) is 0.562. The van der Waals surface area contributed by atoms with Gasteiger partial charge in [-0.15, -0.1) is 0 Å². The van der Waals surface area contributed by atoms with E-state index in [-0.39, 0.29) is 23.7 Å². The number of nitrogens with zero attached hydrogens (tertiary/aromatic N) is 2. The number of likely N-dealkylation sites (tertiary alicyclic amines) is 1. The van der Waals surface area contributed by atoms with Gasteiger partial charge in [-0.25, -0.2) is 0 Å². The third-order valence-electron chi connectivity index (χ3n) is 4.16. The van der Waals surface area contributed by atoms with Gasteiger partial charge >= 0.3 is 0 Å². The number of nitro benzene ring substituents is 1. The highest BCUT2D eigenvalue weighted by Crippen LogP contribution is 2.25. The maximum Gasteiger partial charge on any atom is 0.269 e. The Morgan fingerprint density at radius 2 is 1.82 bits per heavy atom. The molecule has 120 valence electrons. The van der Waals surface area contributed by atoms with Crippen LogP contribution in [-0.4, -0.2) is 33.9 Å². The molecule has 0 saturated carbocycles. The van der Waals surface area contributed by atoms with Crippen molar-refractivity contribution in [3.05, 3.63) is 34.4 Å². The third kappa shape index (κ3) is 3.55. The molecule has 1 fully saturated rings. The summed E-state index contributed by atoms with van der Waals surface area (Å²) in [7, 11) is 0. The van der Waals surface area contributed by atoms with Crippen LogP contribution in [0.1, 0.15) is 40.0 Å². The van der Waals surface area contributed by atoms with Crippen molar-refractivity contribution in [1.82, 2.24) is 4.90 Å². The van der Waals surface area contributed by atoms with Gasteiger partial charge in [-0.05, 0) is 52.2 Å². The van der Waals surface area contributed by atoms with Crippen LogP contribution in [0.3, 0.4) is 0 Å². The molecule has 1 saturated heterocycles. The number of benzene rings is 1. The van der Waals surface area contributed by atoms with E-state index in [9.17, 15) is 14.9 Å². The number of nitro groups is 1. The fourth-order valence-corrected chi connectivity index (χ4v) is 2.97. The van der Waals surface area contributed by atoms with E-state index < -0.39 is 11.0 Å².